The molecule has 138 valence electrons. The van der Waals surface area contributed by atoms with E-state index in [1.165, 1.54) is 53.3 Å². The first-order chi connectivity index (χ1) is 12.7. The average Bonchev–Trinajstić information content (AvgIpc) is 2.68. The Labute approximate surface area is 161 Å². The largest absolute Gasteiger partial charge is 0.390 e. The highest BCUT2D eigenvalue weighted by Crippen LogP contribution is 2.47. The Bertz CT molecular complexity index is 699. The molecule has 1 atom stereocenters. The maximum atomic E-state index is 10.9. The molecule has 4 heteroatoms. The summed E-state index contributed by atoms with van der Waals surface area (Å²) >= 11 is 1.82. The number of anilines is 2. The van der Waals surface area contributed by atoms with Crippen LogP contribution in [0, 0.1) is 0 Å². The highest BCUT2D eigenvalue weighted by Gasteiger charge is 2.26. The molecular weight excluding hydrogens is 340 g/mol. The van der Waals surface area contributed by atoms with Gasteiger partial charge < -0.3 is 14.9 Å². The van der Waals surface area contributed by atoms with Crippen molar-refractivity contribution in [3.63, 3.8) is 0 Å². The molecule has 0 unspecified atom stereocenters. The summed E-state index contributed by atoms with van der Waals surface area (Å²) < 4.78 is 0. The first kappa shape index (κ1) is 17.9. The highest BCUT2D eigenvalue weighted by molar-refractivity contribution is 7.99. The van der Waals surface area contributed by atoms with Gasteiger partial charge >= 0.3 is 0 Å². The van der Waals surface area contributed by atoms with Crippen LogP contribution in [0.5, 0.6) is 0 Å². The van der Waals surface area contributed by atoms with Crippen molar-refractivity contribution in [1.82, 2.24) is 4.90 Å². The molecule has 2 aliphatic rings. The molecule has 0 aromatic heterocycles. The number of aliphatic hydroxyl groups is 1. The van der Waals surface area contributed by atoms with Crippen molar-refractivity contribution in [2.45, 2.75) is 54.0 Å². The third kappa shape index (κ3) is 3.78. The van der Waals surface area contributed by atoms with E-state index in [9.17, 15) is 5.11 Å². The van der Waals surface area contributed by atoms with Gasteiger partial charge in [0, 0.05) is 22.4 Å². The van der Waals surface area contributed by atoms with Crippen LogP contribution in [-0.2, 0) is 0 Å². The quantitative estimate of drug-likeness (QED) is 0.811. The minimum Gasteiger partial charge on any atom is -0.390 e. The zero-order valence-corrected chi connectivity index (χ0v) is 16.3. The van der Waals surface area contributed by atoms with Gasteiger partial charge in [-0.1, -0.05) is 55.3 Å². The van der Waals surface area contributed by atoms with E-state index < -0.39 is 0 Å². The molecule has 3 nitrogen and oxygen atoms in total. The second kappa shape index (κ2) is 8.03. The van der Waals surface area contributed by atoms with E-state index in [1.54, 1.807) is 0 Å². The molecule has 1 fully saturated rings. The van der Waals surface area contributed by atoms with Crippen molar-refractivity contribution in [1.29, 1.82) is 0 Å². The lowest BCUT2D eigenvalue weighted by molar-refractivity contribution is 0.0961. The van der Waals surface area contributed by atoms with Gasteiger partial charge in [0.2, 0.25) is 0 Å². The Morgan fingerprint density at radius 1 is 1.00 bits per heavy atom. The third-order valence-electron chi connectivity index (χ3n) is 5.62. The summed E-state index contributed by atoms with van der Waals surface area (Å²) in [7, 11) is 2.17. The second-order valence-corrected chi connectivity index (χ2v) is 8.62. The summed E-state index contributed by atoms with van der Waals surface area (Å²) in [5, 5.41) is 10.9. The zero-order chi connectivity index (χ0) is 17.9. The number of benzene rings is 2. The molecule has 1 saturated carbocycles. The molecule has 1 heterocycles. The molecular formula is C22H28N2OS. The molecule has 0 radical (unpaired) electrons. The summed E-state index contributed by atoms with van der Waals surface area (Å²) in [5.74, 6) is 0. The number of hydrogen-bond donors (Lipinski definition) is 1. The number of aliphatic hydroxyl groups excluding tert-OH is 1. The van der Waals surface area contributed by atoms with Gasteiger partial charge in [-0.15, -0.1) is 0 Å². The van der Waals surface area contributed by atoms with Crippen molar-refractivity contribution in [2.24, 2.45) is 0 Å². The van der Waals surface area contributed by atoms with Gasteiger partial charge in [-0.3, -0.25) is 0 Å². The van der Waals surface area contributed by atoms with Crippen molar-refractivity contribution < 1.29 is 5.11 Å². The Hall–Kier alpha value is -1.49. The van der Waals surface area contributed by atoms with Gasteiger partial charge in [-0.05, 0) is 44.2 Å². The molecule has 2 aromatic rings. The number of nitrogens with zero attached hydrogens (tertiary/aromatic N) is 2. The molecule has 0 amide bonds. The average molecular weight is 369 g/mol. The van der Waals surface area contributed by atoms with Crippen LogP contribution in [0.2, 0.25) is 0 Å². The minimum atomic E-state index is -0.369. The van der Waals surface area contributed by atoms with Crippen molar-refractivity contribution in [3.05, 3.63) is 48.5 Å². The van der Waals surface area contributed by atoms with E-state index in [1.807, 2.05) is 11.8 Å². The molecule has 0 bridgehead atoms. The van der Waals surface area contributed by atoms with Gasteiger partial charge in [-0.2, -0.15) is 0 Å². The van der Waals surface area contributed by atoms with Crippen molar-refractivity contribution in [3.8, 4) is 0 Å². The van der Waals surface area contributed by atoms with Crippen molar-refractivity contribution in [2.75, 3.05) is 25.0 Å². The maximum absolute atomic E-state index is 10.9. The van der Waals surface area contributed by atoms with E-state index >= 15 is 0 Å². The lowest BCUT2D eigenvalue weighted by Gasteiger charge is -2.36. The van der Waals surface area contributed by atoms with Crippen LogP contribution in [0.25, 0.3) is 0 Å². The van der Waals surface area contributed by atoms with E-state index in [0.29, 0.717) is 12.6 Å². The van der Waals surface area contributed by atoms with Crippen LogP contribution in [0.1, 0.15) is 32.1 Å². The van der Waals surface area contributed by atoms with Gasteiger partial charge in [-0.25, -0.2) is 0 Å². The molecule has 0 saturated heterocycles. The van der Waals surface area contributed by atoms with Crippen LogP contribution in [0.4, 0.5) is 11.4 Å². The highest BCUT2D eigenvalue weighted by atomic mass is 32.2. The zero-order valence-electron chi connectivity index (χ0n) is 15.5. The SMILES string of the molecule is CN(C[C@@H](O)CN1c2ccccc2Sc2ccccc21)C1CCCCC1. The summed E-state index contributed by atoms with van der Waals surface area (Å²) in [5.41, 5.74) is 2.41. The fourth-order valence-electron chi connectivity index (χ4n) is 4.25. The Balaban J connectivity index is 1.50. The molecule has 1 aliphatic heterocycles. The van der Waals surface area contributed by atoms with Crippen LogP contribution in [-0.4, -0.2) is 42.3 Å². The monoisotopic (exact) mass is 368 g/mol. The van der Waals surface area contributed by atoms with E-state index in [2.05, 4.69) is 65.4 Å². The molecule has 2 aromatic carbocycles. The molecule has 26 heavy (non-hydrogen) atoms. The molecule has 1 aliphatic carbocycles. The number of para-hydroxylation sites is 2. The van der Waals surface area contributed by atoms with Crippen LogP contribution >= 0.6 is 11.8 Å². The lowest BCUT2D eigenvalue weighted by atomic mass is 9.94. The normalized spacial score (nSPS) is 18.5. The maximum Gasteiger partial charge on any atom is 0.0845 e. The summed E-state index contributed by atoms with van der Waals surface area (Å²) in [6, 6.07) is 17.6. The predicted octanol–water partition coefficient (Wildman–Crippen LogP) is 4.91. The van der Waals surface area contributed by atoms with Crippen LogP contribution in [0.3, 0.4) is 0 Å². The molecule has 4 rings (SSSR count). The van der Waals surface area contributed by atoms with Gasteiger partial charge in [0.05, 0.1) is 24.0 Å². The standard InChI is InChI=1S/C22H28N2OS/c1-23(17-9-3-2-4-10-17)15-18(25)16-24-19-11-5-7-13-21(19)26-22-14-8-6-12-20(22)24/h5-8,11-14,17-18,25H,2-4,9-10,15-16H2,1H3/t18-/m1/s1. The number of likely N-dealkylation sites (N-methyl/N-ethyl adjacent to an activating group) is 1. The topological polar surface area (TPSA) is 26.7 Å². The second-order valence-electron chi connectivity index (χ2n) is 7.53. The molecule has 1 N–H and O–H groups in total. The van der Waals surface area contributed by atoms with E-state index in [4.69, 9.17) is 0 Å². The summed E-state index contributed by atoms with van der Waals surface area (Å²) in [4.78, 5) is 7.19. The summed E-state index contributed by atoms with van der Waals surface area (Å²) in [6.45, 7) is 1.37. The lowest BCUT2D eigenvalue weighted by Crippen LogP contribution is -2.42. The van der Waals surface area contributed by atoms with Gasteiger partial charge in [0.15, 0.2) is 0 Å². The Morgan fingerprint density at radius 2 is 1.58 bits per heavy atom. The smallest absolute Gasteiger partial charge is 0.0845 e. The van der Waals surface area contributed by atoms with Gasteiger partial charge in [0.25, 0.3) is 0 Å². The minimum absolute atomic E-state index is 0.369. The fourth-order valence-corrected chi connectivity index (χ4v) is 5.35. The van der Waals surface area contributed by atoms with E-state index in [0.717, 1.165) is 6.54 Å². The van der Waals surface area contributed by atoms with Crippen LogP contribution in [0.15, 0.2) is 58.3 Å². The Morgan fingerprint density at radius 3 is 2.19 bits per heavy atom. The fraction of sp³-hybridized carbons (Fsp3) is 0.455. The third-order valence-corrected chi connectivity index (χ3v) is 6.75. The number of fused-ring (bicyclic) bond motifs is 2. The molecule has 0 spiro atoms. The predicted molar refractivity (Wildman–Crippen MR) is 110 cm³/mol. The van der Waals surface area contributed by atoms with Crippen molar-refractivity contribution >= 4 is 23.1 Å². The first-order valence-corrected chi connectivity index (χ1v) is 10.6. The number of β-amino-alcohol motifs (C(OH)–C–C–N with tert-alkyl or cyclic N) is 1. The van der Waals surface area contributed by atoms with Crippen LogP contribution < -0.4 is 4.90 Å². The number of rotatable bonds is 5. The first-order valence-electron chi connectivity index (χ1n) is 9.74. The number of hydrogen-bond acceptors (Lipinski definition) is 4. The van der Waals surface area contributed by atoms with E-state index in [-0.39, 0.29) is 6.10 Å². The van der Waals surface area contributed by atoms with Gasteiger partial charge in [0.1, 0.15) is 0 Å². The summed E-state index contributed by atoms with van der Waals surface area (Å²) in [6.07, 6.45) is 6.20. The Kier molecular flexibility index (Phi) is 5.53.